The van der Waals surface area contributed by atoms with Crippen molar-refractivity contribution in [2.75, 3.05) is 6.61 Å². The number of carbonyl (C=O) groups excluding carboxylic acids is 1. The molecule has 2 aromatic heterocycles. The highest BCUT2D eigenvalue weighted by Gasteiger charge is 2.11. The van der Waals surface area contributed by atoms with Gasteiger partial charge in [-0.05, 0) is 62.4 Å². The Morgan fingerprint density at radius 2 is 1.86 bits per heavy atom. The van der Waals surface area contributed by atoms with E-state index >= 15 is 0 Å². The second-order valence-corrected chi connectivity index (χ2v) is 8.40. The lowest BCUT2D eigenvalue weighted by Gasteiger charge is -2.06. The maximum atomic E-state index is 11.7. The molecule has 0 bridgehead atoms. The van der Waals surface area contributed by atoms with Crippen LogP contribution in [0.1, 0.15) is 58.5 Å². The molecule has 0 atom stereocenters. The molecular weight excluding hydrogens is 456 g/mol. The number of aromatic nitrogens is 4. The van der Waals surface area contributed by atoms with Crippen molar-refractivity contribution in [2.24, 2.45) is 0 Å². The number of hydrogen-bond acceptors (Lipinski definition) is 7. The van der Waals surface area contributed by atoms with Crippen LogP contribution in [0, 0.1) is 6.92 Å². The molecule has 0 radical (unpaired) electrons. The van der Waals surface area contributed by atoms with E-state index < -0.39 is 5.97 Å². The third-order valence-electron chi connectivity index (χ3n) is 5.50. The van der Waals surface area contributed by atoms with Crippen LogP contribution in [0.5, 0.6) is 5.75 Å². The van der Waals surface area contributed by atoms with Gasteiger partial charge in [-0.1, -0.05) is 47.2 Å². The average Bonchev–Trinajstić information content (AvgIpc) is 3.56. The number of esters is 1. The Labute approximate surface area is 210 Å². The summed E-state index contributed by atoms with van der Waals surface area (Å²) in [5, 5.41) is 7.84. The molecule has 4 aromatic rings. The second kappa shape index (κ2) is 12.5. The Bertz CT molecular complexity index is 1270. The zero-order chi connectivity index (χ0) is 25.2. The first-order valence-corrected chi connectivity index (χ1v) is 12.1. The first-order valence-electron chi connectivity index (χ1n) is 12.1. The van der Waals surface area contributed by atoms with Crippen molar-refractivity contribution in [1.82, 2.24) is 20.0 Å². The largest absolute Gasteiger partial charge is 0.487 e. The average molecular weight is 487 g/mol. The Balaban J connectivity index is 1.17. The number of carbonyl (C=O) groups is 1. The quantitative estimate of drug-likeness (QED) is 0.192. The van der Waals surface area contributed by atoms with E-state index in [9.17, 15) is 4.79 Å². The Morgan fingerprint density at radius 3 is 2.64 bits per heavy atom. The van der Waals surface area contributed by atoms with E-state index in [1.807, 2.05) is 24.3 Å². The standard InChI is InChI=1S/C28H30N4O4/c1-3-34-28(33)26-18-32(31-30-26)17-5-4-6-22-11-14-25(15-12-22)35-19-24-20-36-27(29-24)16-13-23-9-7-21(2)8-10-23/h7-16,18,20H,3-6,17,19H2,1-2H3/b16-13+. The molecule has 2 aromatic carbocycles. The van der Waals surface area contributed by atoms with E-state index in [-0.39, 0.29) is 5.69 Å². The summed E-state index contributed by atoms with van der Waals surface area (Å²) in [5.41, 5.74) is 4.54. The Kier molecular flexibility index (Phi) is 8.64. The molecule has 8 nitrogen and oxygen atoms in total. The molecule has 2 heterocycles. The van der Waals surface area contributed by atoms with Crippen molar-refractivity contribution in [2.45, 2.75) is 46.3 Å². The van der Waals surface area contributed by atoms with Gasteiger partial charge in [-0.15, -0.1) is 5.10 Å². The molecular formula is C28H30N4O4. The summed E-state index contributed by atoms with van der Waals surface area (Å²) in [6, 6.07) is 16.3. The minimum absolute atomic E-state index is 0.244. The highest BCUT2D eigenvalue weighted by atomic mass is 16.5. The molecule has 186 valence electrons. The van der Waals surface area contributed by atoms with Gasteiger partial charge in [0.1, 0.15) is 24.3 Å². The maximum absolute atomic E-state index is 11.7. The van der Waals surface area contributed by atoms with Crippen LogP contribution in [0.2, 0.25) is 0 Å². The molecule has 0 unspecified atom stereocenters. The molecule has 0 saturated carbocycles. The van der Waals surface area contributed by atoms with Crippen LogP contribution in [-0.2, 0) is 24.3 Å². The zero-order valence-electron chi connectivity index (χ0n) is 20.6. The zero-order valence-corrected chi connectivity index (χ0v) is 20.6. The number of hydrogen-bond donors (Lipinski definition) is 0. The lowest BCUT2D eigenvalue weighted by molar-refractivity contribution is 0.0519. The Morgan fingerprint density at radius 1 is 1.06 bits per heavy atom. The van der Waals surface area contributed by atoms with Gasteiger partial charge < -0.3 is 13.9 Å². The number of rotatable bonds is 12. The third kappa shape index (κ3) is 7.40. The van der Waals surface area contributed by atoms with E-state index in [1.54, 1.807) is 24.1 Å². The van der Waals surface area contributed by atoms with Gasteiger partial charge in [0.2, 0.25) is 5.89 Å². The summed E-state index contributed by atoms with van der Waals surface area (Å²) in [7, 11) is 0. The topological polar surface area (TPSA) is 92.3 Å². The lowest BCUT2D eigenvalue weighted by atomic mass is 10.1. The fourth-order valence-electron chi connectivity index (χ4n) is 3.53. The van der Waals surface area contributed by atoms with E-state index in [0.717, 1.165) is 36.3 Å². The normalized spacial score (nSPS) is 11.2. The summed E-state index contributed by atoms with van der Waals surface area (Å²) in [5.74, 6) is 0.894. The van der Waals surface area contributed by atoms with Crippen LogP contribution in [0.3, 0.4) is 0 Å². The highest BCUT2D eigenvalue weighted by molar-refractivity contribution is 5.86. The van der Waals surface area contributed by atoms with Crippen LogP contribution in [0.25, 0.3) is 12.2 Å². The molecule has 8 heteroatoms. The van der Waals surface area contributed by atoms with Gasteiger partial charge in [0, 0.05) is 12.6 Å². The van der Waals surface area contributed by atoms with Gasteiger partial charge in [0.15, 0.2) is 5.69 Å². The lowest BCUT2D eigenvalue weighted by Crippen LogP contribution is -2.04. The van der Waals surface area contributed by atoms with Crippen LogP contribution in [-0.4, -0.2) is 32.6 Å². The van der Waals surface area contributed by atoms with E-state index in [4.69, 9.17) is 13.9 Å². The number of unbranched alkanes of at least 4 members (excludes halogenated alkanes) is 1. The predicted molar refractivity (Wildman–Crippen MR) is 136 cm³/mol. The fourth-order valence-corrected chi connectivity index (χ4v) is 3.53. The summed E-state index contributed by atoms with van der Waals surface area (Å²) in [4.78, 5) is 16.1. The Hall–Kier alpha value is -4.20. The number of nitrogens with zero attached hydrogens (tertiary/aromatic N) is 4. The summed E-state index contributed by atoms with van der Waals surface area (Å²) in [6.07, 6.45) is 9.94. The smallest absolute Gasteiger partial charge is 0.360 e. The van der Waals surface area contributed by atoms with Crippen molar-refractivity contribution >= 4 is 18.1 Å². The second-order valence-electron chi connectivity index (χ2n) is 8.40. The van der Waals surface area contributed by atoms with Gasteiger partial charge in [0.25, 0.3) is 0 Å². The fraction of sp³-hybridized carbons (Fsp3) is 0.286. The summed E-state index contributed by atoms with van der Waals surface area (Å²) >= 11 is 0. The molecule has 0 amide bonds. The molecule has 0 aliphatic rings. The van der Waals surface area contributed by atoms with Crippen LogP contribution >= 0.6 is 0 Å². The van der Waals surface area contributed by atoms with Crippen molar-refractivity contribution < 1.29 is 18.7 Å². The third-order valence-corrected chi connectivity index (χ3v) is 5.50. The van der Waals surface area contributed by atoms with E-state index in [0.29, 0.717) is 25.6 Å². The van der Waals surface area contributed by atoms with Gasteiger partial charge in [0.05, 0.1) is 12.8 Å². The molecule has 36 heavy (non-hydrogen) atoms. The SMILES string of the molecule is CCOC(=O)c1cn(CCCCc2ccc(OCc3coc(/C=C/c4ccc(C)cc4)n3)cc2)nn1. The minimum Gasteiger partial charge on any atom is -0.487 e. The first kappa shape index (κ1) is 24.9. The van der Waals surface area contributed by atoms with Crippen molar-refractivity contribution in [3.63, 3.8) is 0 Å². The predicted octanol–water partition coefficient (Wildman–Crippen LogP) is 5.52. The molecule has 0 N–H and O–H groups in total. The van der Waals surface area contributed by atoms with Crippen molar-refractivity contribution in [3.8, 4) is 5.75 Å². The van der Waals surface area contributed by atoms with E-state index in [1.165, 1.54) is 11.1 Å². The number of ether oxygens (including phenoxy) is 2. The molecule has 0 aliphatic carbocycles. The van der Waals surface area contributed by atoms with Gasteiger partial charge in [-0.3, -0.25) is 4.68 Å². The van der Waals surface area contributed by atoms with Gasteiger partial charge in [-0.25, -0.2) is 9.78 Å². The molecule has 0 aliphatic heterocycles. The van der Waals surface area contributed by atoms with Crippen LogP contribution < -0.4 is 4.74 Å². The number of aryl methyl sites for hydroxylation is 3. The molecule has 4 rings (SSSR count). The van der Waals surface area contributed by atoms with Crippen molar-refractivity contribution in [3.05, 3.63) is 95.0 Å². The van der Waals surface area contributed by atoms with E-state index in [2.05, 4.69) is 58.6 Å². The minimum atomic E-state index is -0.440. The molecule has 0 saturated heterocycles. The first-order chi connectivity index (χ1) is 17.6. The number of oxazole rings is 1. The number of benzene rings is 2. The summed E-state index contributed by atoms with van der Waals surface area (Å²) < 4.78 is 18.0. The molecule has 0 fully saturated rings. The van der Waals surface area contributed by atoms with Crippen molar-refractivity contribution in [1.29, 1.82) is 0 Å². The molecule has 0 spiro atoms. The monoisotopic (exact) mass is 486 g/mol. The van der Waals surface area contributed by atoms with Crippen LogP contribution in [0.4, 0.5) is 0 Å². The van der Waals surface area contributed by atoms with Crippen LogP contribution in [0.15, 0.2) is 65.4 Å². The maximum Gasteiger partial charge on any atom is 0.360 e. The summed E-state index contributed by atoms with van der Waals surface area (Å²) in [6.45, 7) is 5.19. The highest BCUT2D eigenvalue weighted by Crippen LogP contribution is 2.16. The van der Waals surface area contributed by atoms with Gasteiger partial charge in [-0.2, -0.15) is 0 Å². The van der Waals surface area contributed by atoms with Gasteiger partial charge >= 0.3 is 5.97 Å².